The lowest BCUT2D eigenvalue weighted by Gasteiger charge is -2.28. The minimum Gasteiger partial charge on any atom is -0.444 e. The topological polar surface area (TPSA) is 62.6 Å². The molecule has 1 aliphatic heterocycles. The lowest BCUT2D eigenvalue weighted by molar-refractivity contribution is 0.0147. The van der Waals surface area contributed by atoms with Gasteiger partial charge in [-0.1, -0.05) is 0 Å². The van der Waals surface area contributed by atoms with Gasteiger partial charge in [-0.05, 0) is 27.2 Å². The maximum Gasteiger partial charge on any atom is 0.410 e. The molecule has 0 aliphatic carbocycles. The van der Waals surface area contributed by atoms with E-state index in [0.29, 0.717) is 19.6 Å². The van der Waals surface area contributed by atoms with Crippen molar-refractivity contribution < 1.29 is 14.3 Å². The Bertz CT molecular complexity index is 317. The quantitative estimate of drug-likeness (QED) is 0.738. The van der Waals surface area contributed by atoms with Crippen molar-refractivity contribution in [2.75, 3.05) is 20.3 Å². The molecular weight excluding hydrogens is 220 g/mol. The van der Waals surface area contributed by atoms with Crippen molar-refractivity contribution in [3.63, 3.8) is 0 Å². The number of rotatable bonds is 2. The van der Waals surface area contributed by atoms with Gasteiger partial charge in [0.2, 0.25) is 0 Å². The lowest BCUT2D eigenvalue weighted by Crippen LogP contribution is -2.41. The lowest BCUT2D eigenvalue weighted by atomic mass is 10.1. The van der Waals surface area contributed by atoms with Crippen molar-refractivity contribution in [2.24, 2.45) is 5.92 Å². The monoisotopic (exact) mass is 240 g/mol. The van der Waals surface area contributed by atoms with Gasteiger partial charge in [-0.2, -0.15) is 5.26 Å². The van der Waals surface area contributed by atoms with Crippen LogP contribution in [0.15, 0.2) is 0 Å². The summed E-state index contributed by atoms with van der Waals surface area (Å²) in [5.41, 5.74) is -0.514. The second-order valence-electron chi connectivity index (χ2n) is 5.30. The van der Waals surface area contributed by atoms with Crippen LogP contribution in [0, 0.1) is 17.2 Å². The predicted molar refractivity (Wildman–Crippen MR) is 62.3 cm³/mol. The van der Waals surface area contributed by atoms with Crippen LogP contribution in [0.25, 0.3) is 0 Å². The molecule has 17 heavy (non-hydrogen) atoms. The van der Waals surface area contributed by atoms with Crippen LogP contribution in [0.1, 0.15) is 27.2 Å². The van der Waals surface area contributed by atoms with E-state index in [1.807, 2.05) is 20.8 Å². The molecular formula is C12H20N2O3. The highest BCUT2D eigenvalue weighted by Gasteiger charge is 2.37. The normalized spacial score (nSPS) is 24.5. The summed E-state index contributed by atoms with van der Waals surface area (Å²) in [6.07, 6.45) is 0.293. The molecule has 2 atom stereocenters. The van der Waals surface area contributed by atoms with E-state index in [1.54, 1.807) is 12.0 Å². The largest absolute Gasteiger partial charge is 0.444 e. The third kappa shape index (κ3) is 3.90. The molecule has 0 aromatic rings. The Hall–Kier alpha value is -1.28. The van der Waals surface area contributed by atoms with E-state index in [2.05, 4.69) is 6.07 Å². The summed E-state index contributed by atoms with van der Waals surface area (Å²) in [5, 5.41) is 8.91. The first-order valence-corrected chi connectivity index (χ1v) is 5.75. The van der Waals surface area contributed by atoms with E-state index < -0.39 is 5.60 Å². The average Bonchev–Trinajstić information content (AvgIpc) is 2.59. The summed E-state index contributed by atoms with van der Waals surface area (Å²) in [4.78, 5) is 13.5. The molecule has 1 saturated heterocycles. The van der Waals surface area contributed by atoms with Gasteiger partial charge in [0.1, 0.15) is 5.60 Å². The first-order valence-electron chi connectivity index (χ1n) is 5.75. The summed E-state index contributed by atoms with van der Waals surface area (Å²) in [7, 11) is 1.59. The molecule has 1 unspecified atom stereocenters. The molecule has 0 aromatic heterocycles. The summed E-state index contributed by atoms with van der Waals surface area (Å²) < 4.78 is 10.4. The van der Waals surface area contributed by atoms with E-state index >= 15 is 0 Å². The van der Waals surface area contributed by atoms with Gasteiger partial charge in [0, 0.05) is 13.7 Å². The van der Waals surface area contributed by atoms with Crippen LogP contribution in [0.3, 0.4) is 0 Å². The summed E-state index contributed by atoms with van der Waals surface area (Å²) in [6.45, 7) is 6.35. The molecule has 5 heteroatoms. The van der Waals surface area contributed by atoms with Crippen molar-refractivity contribution in [1.82, 2.24) is 4.90 Å². The van der Waals surface area contributed by atoms with Crippen molar-refractivity contribution in [3.05, 3.63) is 0 Å². The highest BCUT2D eigenvalue weighted by molar-refractivity contribution is 5.69. The second-order valence-corrected chi connectivity index (χ2v) is 5.30. The van der Waals surface area contributed by atoms with Gasteiger partial charge in [0.25, 0.3) is 0 Å². The molecule has 1 heterocycles. The summed E-state index contributed by atoms with van der Waals surface area (Å²) in [5.74, 6) is -0.123. The van der Waals surface area contributed by atoms with Crippen molar-refractivity contribution in [1.29, 1.82) is 5.26 Å². The maximum absolute atomic E-state index is 11.9. The molecule has 0 N–H and O–H groups in total. The first kappa shape index (κ1) is 13.8. The number of ether oxygens (including phenoxy) is 2. The van der Waals surface area contributed by atoms with Gasteiger partial charge in [-0.25, -0.2) is 4.79 Å². The van der Waals surface area contributed by atoms with Crippen LogP contribution in [-0.4, -0.2) is 42.9 Å². The highest BCUT2D eigenvalue weighted by Crippen LogP contribution is 2.25. The first-order chi connectivity index (χ1) is 7.87. The van der Waals surface area contributed by atoms with Gasteiger partial charge < -0.3 is 14.4 Å². The van der Waals surface area contributed by atoms with E-state index in [0.717, 1.165) is 0 Å². The standard InChI is InChI=1S/C12H20N2O3/c1-12(2,3)17-11(15)14-7-9(6-13)5-10(14)8-16-4/h9-10H,5,7-8H2,1-4H3/t9?,10-/m0/s1. The third-order valence-corrected chi connectivity index (χ3v) is 2.58. The minimum atomic E-state index is -0.514. The van der Waals surface area contributed by atoms with E-state index in [9.17, 15) is 4.79 Å². The molecule has 96 valence electrons. The van der Waals surface area contributed by atoms with Crippen LogP contribution in [0.5, 0.6) is 0 Å². The van der Waals surface area contributed by atoms with E-state index in [4.69, 9.17) is 14.7 Å². The Balaban J connectivity index is 2.67. The number of carbonyl (C=O) groups is 1. The number of nitrogens with zero attached hydrogens (tertiary/aromatic N) is 2. The van der Waals surface area contributed by atoms with Crippen LogP contribution >= 0.6 is 0 Å². The van der Waals surface area contributed by atoms with Gasteiger partial charge >= 0.3 is 6.09 Å². The number of hydrogen-bond donors (Lipinski definition) is 0. The van der Waals surface area contributed by atoms with Gasteiger partial charge in [-0.3, -0.25) is 0 Å². The zero-order valence-corrected chi connectivity index (χ0v) is 10.9. The fourth-order valence-corrected chi connectivity index (χ4v) is 1.90. The highest BCUT2D eigenvalue weighted by atomic mass is 16.6. The SMILES string of the molecule is COC[C@@H]1CC(C#N)CN1C(=O)OC(C)(C)C. The number of amides is 1. The van der Waals surface area contributed by atoms with Gasteiger partial charge in [-0.15, -0.1) is 0 Å². The van der Waals surface area contributed by atoms with Crippen molar-refractivity contribution >= 4 is 6.09 Å². The smallest absolute Gasteiger partial charge is 0.410 e. The van der Waals surface area contributed by atoms with E-state index in [1.165, 1.54) is 0 Å². The zero-order chi connectivity index (χ0) is 13.1. The Kier molecular flexibility index (Phi) is 4.35. The van der Waals surface area contributed by atoms with Crippen LogP contribution in [0.4, 0.5) is 4.79 Å². The minimum absolute atomic E-state index is 0.0560. The van der Waals surface area contributed by atoms with Crippen LogP contribution < -0.4 is 0 Å². The third-order valence-electron chi connectivity index (χ3n) is 2.58. The molecule has 5 nitrogen and oxygen atoms in total. The number of nitriles is 1. The Labute approximate surface area is 102 Å². The maximum atomic E-state index is 11.9. The fraction of sp³-hybridized carbons (Fsp3) is 0.833. The van der Waals surface area contributed by atoms with E-state index in [-0.39, 0.29) is 18.1 Å². The van der Waals surface area contributed by atoms with Gasteiger partial charge in [0.15, 0.2) is 0 Å². The molecule has 1 aliphatic rings. The number of hydrogen-bond acceptors (Lipinski definition) is 4. The fourth-order valence-electron chi connectivity index (χ4n) is 1.90. The van der Waals surface area contributed by atoms with Crippen LogP contribution in [-0.2, 0) is 9.47 Å². The van der Waals surface area contributed by atoms with Crippen LogP contribution in [0.2, 0.25) is 0 Å². The molecule has 0 aromatic carbocycles. The van der Waals surface area contributed by atoms with Crippen molar-refractivity contribution in [3.8, 4) is 6.07 Å². The molecule has 0 radical (unpaired) electrons. The molecule has 1 fully saturated rings. The average molecular weight is 240 g/mol. The number of methoxy groups -OCH3 is 1. The van der Waals surface area contributed by atoms with Gasteiger partial charge in [0.05, 0.1) is 24.6 Å². The second kappa shape index (κ2) is 5.37. The molecule has 1 rings (SSSR count). The zero-order valence-electron chi connectivity index (χ0n) is 10.9. The molecule has 1 amide bonds. The molecule has 0 saturated carbocycles. The summed E-state index contributed by atoms with van der Waals surface area (Å²) >= 11 is 0. The molecule has 0 bridgehead atoms. The molecule has 0 spiro atoms. The predicted octanol–water partition coefficient (Wildman–Crippen LogP) is 1.78. The number of likely N-dealkylation sites (tertiary alicyclic amines) is 1. The Morgan fingerprint density at radius 1 is 1.53 bits per heavy atom. The van der Waals surface area contributed by atoms with Crippen molar-refractivity contribution in [2.45, 2.75) is 38.8 Å². The summed E-state index contributed by atoms with van der Waals surface area (Å²) in [6, 6.07) is 2.14. The Morgan fingerprint density at radius 3 is 2.65 bits per heavy atom. The Morgan fingerprint density at radius 2 is 2.18 bits per heavy atom. The number of carbonyl (C=O) groups excluding carboxylic acids is 1.